The van der Waals surface area contributed by atoms with Crippen LogP contribution in [0.3, 0.4) is 0 Å². The minimum absolute atomic E-state index is 0.0563. The summed E-state index contributed by atoms with van der Waals surface area (Å²) in [7, 11) is 0. The molecule has 0 spiro atoms. The van der Waals surface area contributed by atoms with Crippen molar-refractivity contribution < 1.29 is 14.3 Å². The predicted octanol–water partition coefficient (Wildman–Crippen LogP) is 3.98. The van der Waals surface area contributed by atoms with Crippen molar-refractivity contribution in [2.75, 3.05) is 11.9 Å². The fourth-order valence-electron chi connectivity index (χ4n) is 2.43. The highest BCUT2D eigenvalue weighted by atomic mass is 16.5. The van der Waals surface area contributed by atoms with E-state index in [-0.39, 0.29) is 30.8 Å². The molecule has 0 saturated heterocycles. The second-order valence-corrected chi connectivity index (χ2v) is 5.97. The maximum atomic E-state index is 11.9. The van der Waals surface area contributed by atoms with E-state index in [0.29, 0.717) is 0 Å². The average molecular weight is 325 g/mol. The number of esters is 1. The van der Waals surface area contributed by atoms with E-state index in [0.717, 1.165) is 22.4 Å². The lowest BCUT2D eigenvalue weighted by atomic mass is 9.98. The molecule has 0 aliphatic heterocycles. The largest absolute Gasteiger partial charge is 0.456 e. The summed E-state index contributed by atoms with van der Waals surface area (Å²) in [5.41, 5.74) is 3.93. The van der Waals surface area contributed by atoms with Crippen LogP contribution in [0.25, 0.3) is 0 Å². The number of nitrogens with one attached hydrogen (secondary N) is 1. The van der Waals surface area contributed by atoms with Crippen molar-refractivity contribution in [3.05, 3.63) is 65.2 Å². The molecular formula is C20H23NO3. The molecule has 0 saturated carbocycles. The molecule has 0 aliphatic rings. The number of anilines is 1. The van der Waals surface area contributed by atoms with Crippen LogP contribution in [0.5, 0.6) is 0 Å². The summed E-state index contributed by atoms with van der Waals surface area (Å²) < 4.78 is 5.09. The summed E-state index contributed by atoms with van der Waals surface area (Å²) >= 11 is 0. The number of amides is 1. The number of aryl methyl sites for hydroxylation is 1. The monoisotopic (exact) mass is 325 g/mol. The third-order valence-electron chi connectivity index (χ3n) is 4.08. The predicted molar refractivity (Wildman–Crippen MR) is 95.0 cm³/mol. The third-order valence-corrected chi connectivity index (χ3v) is 4.08. The topological polar surface area (TPSA) is 55.4 Å². The number of rotatable bonds is 6. The van der Waals surface area contributed by atoms with E-state index in [1.807, 2.05) is 69.3 Å². The molecule has 1 N–H and O–H groups in total. The van der Waals surface area contributed by atoms with E-state index >= 15 is 0 Å². The first-order valence-electron chi connectivity index (χ1n) is 8.04. The van der Waals surface area contributed by atoms with Crippen LogP contribution in [0.2, 0.25) is 0 Å². The molecule has 0 heterocycles. The molecule has 2 rings (SSSR count). The van der Waals surface area contributed by atoms with E-state index in [1.54, 1.807) is 0 Å². The van der Waals surface area contributed by atoms with Gasteiger partial charge in [0, 0.05) is 5.69 Å². The Hall–Kier alpha value is -2.62. The van der Waals surface area contributed by atoms with Crippen LogP contribution in [-0.2, 0) is 14.3 Å². The lowest BCUT2D eigenvalue weighted by Gasteiger charge is -2.12. The first-order chi connectivity index (χ1) is 11.5. The average Bonchev–Trinajstić information content (AvgIpc) is 2.58. The smallest absolute Gasteiger partial charge is 0.306 e. The van der Waals surface area contributed by atoms with Gasteiger partial charge in [-0.1, -0.05) is 49.4 Å². The summed E-state index contributed by atoms with van der Waals surface area (Å²) in [4.78, 5) is 23.9. The Morgan fingerprint density at radius 2 is 1.75 bits per heavy atom. The molecule has 0 bridgehead atoms. The van der Waals surface area contributed by atoms with Crippen molar-refractivity contribution in [2.45, 2.75) is 33.1 Å². The van der Waals surface area contributed by atoms with Crippen LogP contribution in [0.1, 0.15) is 36.0 Å². The number of carbonyl (C=O) groups excluding carboxylic acids is 2. The van der Waals surface area contributed by atoms with Crippen LogP contribution in [0.4, 0.5) is 5.69 Å². The number of carbonyl (C=O) groups is 2. The second-order valence-electron chi connectivity index (χ2n) is 5.97. The van der Waals surface area contributed by atoms with Crippen LogP contribution >= 0.6 is 0 Å². The number of hydrogen-bond acceptors (Lipinski definition) is 3. The van der Waals surface area contributed by atoms with Gasteiger partial charge in [0.25, 0.3) is 5.91 Å². The normalized spacial score (nSPS) is 11.6. The zero-order valence-corrected chi connectivity index (χ0v) is 14.3. The van der Waals surface area contributed by atoms with Crippen LogP contribution < -0.4 is 5.32 Å². The first kappa shape index (κ1) is 17.7. The summed E-state index contributed by atoms with van der Waals surface area (Å²) in [6.45, 7) is 5.62. The lowest BCUT2D eigenvalue weighted by molar-refractivity contribution is -0.147. The van der Waals surface area contributed by atoms with Crippen LogP contribution in [0, 0.1) is 13.8 Å². The first-order valence-corrected chi connectivity index (χ1v) is 8.04. The minimum atomic E-state index is -0.373. The molecule has 0 fully saturated rings. The standard InChI is InChI=1S/C20H23NO3/c1-14-8-7-11-18(16(14)3)21-19(22)13-24-20(23)12-15(2)17-9-5-4-6-10-17/h4-11,15H,12-13H2,1-3H3,(H,21,22)/t15-/m0/s1. The molecule has 1 atom stereocenters. The van der Waals surface area contributed by atoms with E-state index in [9.17, 15) is 9.59 Å². The number of benzene rings is 2. The van der Waals surface area contributed by atoms with Crippen molar-refractivity contribution in [3.63, 3.8) is 0 Å². The summed E-state index contributed by atoms with van der Waals surface area (Å²) in [5, 5.41) is 2.78. The van der Waals surface area contributed by atoms with Gasteiger partial charge in [0.15, 0.2) is 6.61 Å². The van der Waals surface area contributed by atoms with Crippen LogP contribution in [0.15, 0.2) is 48.5 Å². The van der Waals surface area contributed by atoms with Gasteiger partial charge >= 0.3 is 5.97 Å². The molecule has 0 unspecified atom stereocenters. The molecule has 2 aromatic rings. The Morgan fingerprint density at radius 3 is 2.46 bits per heavy atom. The highest BCUT2D eigenvalue weighted by molar-refractivity contribution is 5.93. The summed E-state index contributed by atoms with van der Waals surface area (Å²) in [6, 6.07) is 15.5. The molecule has 4 nitrogen and oxygen atoms in total. The maximum absolute atomic E-state index is 11.9. The molecule has 0 radical (unpaired) electrons. The van der Waals surface area contributed by atoms with Gasteiger partial charge < -0.3 is 10.1 Å². The van der Waals surface area contributed by atoms with Gasteiger partial charge in [0.2, 0.25) is 0 Å². The Bertz CT molecular complexity index is 710. The third kappa shape index (κ3) is 4.95. The zero-order chi connectivity index (χ0) is 17.5. The minimum Gasteiger partial charge on any atom is -0.456 e. The zero-order valence-electron chi connectivity index (χ0n) is 14.3. The summed E-state index contributed by atoms with van der Waals surface area (Å²) in [5.74, 6) is -0.646. The molecule has 24 heavy (non-hydrogen) atoms. The number of ether oxygens (including phenoxy) is 1. The highest BCUT2D eigenvalue weighted by Crippen LogP contribution is 2.19. The summed E-state index contributed by atoms with van der Waals surface area (Å²) in [6.07, 6.45) is 0.251. The van der Waals surface area contributed by atoms with Gasteiger partial charge in [0.1, 0.15) is 0 Å². The lowest BCUT2D eigenvalue weighted by Crippen LogP contribution is -2.22. The van der Waals surface area contributed by atoms with Gasteiger partial charge in [0.05, 0.1) is 6.42 Å². The highest BCUT2D eigenvalue weighted by Gasteiger charge is 2.14. The fraction of sp³-hybridized carbons (Fsp3) is 0.300. The van der Waals surface area contributed by atoms with Crippen molar-refractivity contribution >= 4 is 17.6 Å². The van der Waals surface area contributed by atoms with Gasteiger partial charge in [-0.15, -0.1) is 0 Å². The molecule has 4 heteroatoms. The molecule has 0 aliphatic carbocycles. The van der Waals surface area contributed by atoms with Gasteiger partial charge in [-0.2, -0.15) is 0 Å². The number of hydrogen-bond donors (Lipinski definition) is 1. The molecule has 0 aromatic heterocycles. The van der Waals surface area contributed by atoms with Crippen molar-refractivity contribution in [3.8, 4) is 0 Å². The second kappa shape index (κ2) is 8.29. The fourth-order valence-corrected chi connectivity index (χ4v) is 2.43. The molecule has 1 amide bonds. The van der Waals surface area contributed by atoms with Gasteiger partial charge in [-0.25, -0.2) is 0 Å². The van der Waals surface area contributed by atoms with Gasteiger partial charge in [-0.3, -0.25) is 9.59 Å². The molecular weight excluding hydrogens is 302 g/mol. The Kier molecular flexibility index (Phi) is 6.13. The molecule has 2 aromatic carbocycles. The van der Waals surface area contributed by atoms with Crippen molar-refractivity contribution in [2.24, 2.45) is 0 Å². The van der Waals surface area contributed by atoms with E-state index in [4.69, 9.17) is 4.74 Å². The van der Waals surface area contributed by atoms with E-state index < -0.39 is 0 Å². The Labute approximate surface area is 142 Å². The molecule has 126 valence electrons. The van der Waals surface area contributed by atoms with Crippen molar-refractivity contribution in [1.29, 1.82) is 0 Å². The van der Waals surface area contributed by atoms with E-state index in [2.05, 4.69) is 5.32 Å². The SMILES string of the molecule is Cc1cccc(NC(=O)COC(=O)C[C@H](C)c2ccccc2)c1C. The maximum Gasteiger partial charge on any atom is 0.306 e. The Morgan fingerprint density at radius 1 is 1.04 bits per heavy atom. The Balaban J connectivity index is 1.81. The quantitative estimate of drug-likeness (QED) is 0.817. The van der Waals surface area contributed by atoms with Crippen molar-refractivity contribution in [1.82, 2.24) is 0 Å². The van der Waals surface area contributed by atoms with Crippen LogP contribution in [-0.4, -0.2) is 18.5 Å². The van der Waals surface area contributed by atoms with Gasteiger partial charge in [-0.05, 0) is 42.5 Å². The van der Waals surface area contributed by atoms with E-state index in [1.165, 1.54) is 0 Å².